The summed E-state index contributed by atoms with van der Waals surface area (Å²) < 4.78 is 56.8. The molecule has 5 aromatic carbocycles. The van der Waals surface area contributed by atoms with Crippen LogP contribution in [0.4, 0.5) is 0 Å². The summed E-state index contributed by atoms with van der Waals surface area (Å²) in [5.74, 6) is 0. The molecule has 8 rings (SSSR count). The predicted molar refractivity (Wildman–Crippen MR) is 210 cm³/mol. The Kier molecular flexibility index (Phi) is 7.96. The van der Waals surface area contributed by atoms with E-state index in [1.807, 2.05) is 54.7 Å². The van der Waals surface area contributed by atoms with Gasteiger partial charge in [-0.15, -0.1) is 54.1 Å². The minimum absolute atomic E-state index is 0. The average molecular weight is 853 g/mol. The van der Waals surface area contributed by atoms with Crippen LogP contribution < -0.4 is 5.19 Å². The Morgan fingerprint density at radius 1 is 0.780 bits per heavy atom. The van der Waals surface area contributed by atoms with Gasteiger partial charge >= 0.3 is 0 Å². The molecule has 0 amide bonds. The predicted octanol–water partition coefficient (Wildman–Crippen LogP) is 11.7. The number of fused-ring (bicyclic) bond motifs is 6. The second kappa shape index (κ2) is 14.1. The Balaban J connectivity index is 0.000000263. The van der Waals surface area contributed by atoms with Gasteiger partial charge in [0, 0.05) is 44.7 Å². The summed E-state index contributed by atoms with van der Waals surface area (Å²) in [5, 5.41) is 7.55. The first kappa shape index (κ1) is 28.3. The number of hydrogen-bond acceptors (Lipinski definition) is 3. The summed E-state index contributed by atoms with van der Waals surface area (Å²) in [6, 6.07) is 40.2. The summed E-state index contributed by atoms with van der Waals surface area (Å²) >= 11 is 0. The van der Waals surface area contributed by atoms with E-state index in [0.29, 0.717) is 16.7 Å². The third-order valence-corrected chi connectivity index (χ3v) is 10.5. The van der Waals surface area contributed by atoms with Crippen molar-refractivity contribution in [3.63, 3.8) is 0 Å². The molecule has 0 saturated heterocycles. The fourth-order valence-corrected chi connectivity index (χ4v) is 7.07. The van der Waals surface area contributed by atoms with Crippen molar-refractivity contribution in [2.24, 2.45) is 5.41 Å². The molecule has 0 aliphatic carbocycles. The second-order valence-electron chi connectivity index (χ2n) is 14.4. The quantitative estimate of drug-likeness (QED) is 0.101. The molecule has 0 aliphatic heterocycles. The zero-order valence-electron chi connectivity index (χ0n) is 35.0. The van der Waals surface area contributed by atoms with Gasteiger partial charge < -0.3 is 14.4 Å². The van der Waals surface area contributed by atoms with E-state index in [9.17, 15) is 0 Å². The molecule has 3 heterocycles. The van der Waals surface area contributed by atoms with Gasteiger partial charge in [-0.1, -0.05) is 112 Å². The minimum Gasteiger partial charge on any atom is -0.501 e. The third-order valence-electron chi connectivity index (χ3n) is 8.52. The van der Waals surface area contributed by atoms with Crippen LogP contribution >= 0.6 is 0 Å². The Morgan fingerprint density at radius 2 is 1.58 bits per heavy atom. The maximum atomic E-state index is 8.87. The zero-order valence-corrected chi connectivity index (χ0v) is 32.4. The van der Waals surface area contributed by atoms with Gasteiger partial charge in [-0.25, -0.2) is 0 Å². The van der Waals surface area contributed by atoms with Crippen LogP contribution in [0.5, 0.6) is 0 Å². The summed E-state index contributed by atoms with van der Waals surface area (Å²) in [7, 11) is -1.23. The number of aromatic nitrogens is 2. The van der Waals surface area contributed by atoms with Crippen molar-refractivity contribution in [2.75, 3.05) is 0 Å². The van der Waals surface area contributed by atoms with Gasteiger partial charge in [-0.2, -0.15) is 0 Å². The summed E-state index contributed by atoms with van der Waals surface area (Å²) in [5.41, 5.74) is 2.57. The maximum absolute atomic E-state index is 8.87. The first-order valence-corrected chi connectivity index (χ1v) is 20.0. The van der Waals surface area contributed by atoms with Crippen LogP contribution in [-0.4, -0.2) is 18.0 Å². The molecule has 0 N–H and O–H groups in total. The van der Waals surface area contributed by atoms with Crippen LogP contribution in [0.3, 0.4) is 0 Å². The standard InChI is InChI=1S/C31H26NO.C14H16NSi.Ir/c1-19-18-32-28(15-22(19)17-31(2,3)4)25-11-7-10-24-27-14-21-13-12-20-8-5-6-9-23(20)26(21)16-29(27)33-30(24)25;1-16(2,3)13-9-10-14(15-11-13)12-7-5-4-6-8-12;/h5-10,12-16,18H,17H2,1-4H3;4-7,9-11H,1-3H3;/q2*-1;/i1D3,17D2,18D;;. The van der Waals surface area contributed by atoms with Crippen LogP contribution in [0.1, 0.15) is 40.1 Å². The Bertz CT molecular complexity index is 2700. The fraction of sp³-hybridized carbons (Fsp3) is 0.200. The van der Waals surface area contributed by atoms with Crippen molar-refractivity contribution in [2.45, 2.75) is 53.6 Å². The Morgan fingerprint density at radius 3 is 2.30 bits per heavy atom. The minimum atomic E-state index is -2.70. The monoisotopic (exact) mass is 853 g/mol. The number of pyridine rings is 2. The van der Waals surface area contributed by atoms with Gasteiger partial charge in [0.15, 0.2) is 0 Å². The van der Waals surface area contributed by atoms with Gasteiger partial charge in [-0.05, 0) is 74.5 Å². The number of furan rings is 1. The molecule has 0 aliphatic rings. The third kappa shape index (κ3) is 7.37. The van der Waals surface area contributed by atoms with Crippen LogP contribution in [-0.2, 0) is 26.5 Å². The Hall–Kier alpha value is -4.41. The molecule has 0 spiro atoms. The Labute approximate surface area is 318 Å². The van der Waals surface area contributed by atoms with E-state index in [1.54, 1.807) is 26.8 Å². The largest absolute Gasteiger partial charge is 0.501 e. The molecule has 0 atom stereocenters. The van der Waals surface area contributed by atoms with E-state index in [0.717, 1.165) is 43.6 Å². The molecule has 5 heteroatoms. The van der Waals surface area contributed by atoms with Crippen LogP contribution in [0.25, 0.3) is 66.0 Å². The molecule has 8 aromatic rings. The van der Waals surface area contributed by atoms with Crippen molar-refractivity contribution in [1.29, 1.82) is 0 Å². The molecule has 50 heavy (non-hydrogen) atoms. The molecular formula is C45H42IrN2OSi-2. The van der Waals surface area contributed by atoms with Crippen molar-refractivity contribution in [3.8, 4) is 22.5 Å². The maximum Gasteiger partial charge on any atom is 0.121 e. The summed E-state index contributed by atoms with van der Waals surface area (Å²) in [6.45, 7) is 9.42. The summed E-state index contributed by atoms with van der Waals surface area (Å²) in [6.07, 6.45) is -0.512. The fourth-order valence-electron chi connectivity index (χ4n) is 6.03. The number of hydrogen-bond donors (Lipinski definition) is 0. The van der Waals surface area contributed by atoms with E-state index in [-0.39, 0.29) is 36.9 Å². The van der Waals surface area contributed by atoms with Gasteiger partial charge in [-0.3, -0.25) is 0 Å². The van der Waals surface area contributed by atoms with Crippen molar-refractivity contribution < 1.29 is 32.7 Å². The molecule has 253 valence electrons. The molecule has 1 radical (unpaired) electrons. The first-order chi connectivity index (χ1) is 25.8. The molecular weight excluding hydrogens is 805 g/mol. The van der Waals surface area contributed by atoms with Gasteiger partial charge in [0.2, 0.25) is 0 Å². The molecule has 3 nitrogen and oxygen atoms in total. The normalized spacial score (nSPS) is 14.1. The van der Waals surface area contributed by atoms with Gasteiger partial charge in [0.05, 0.1) is 15.0 Å². The van der Waals surface area contributed by atoms with Crippen molar-refractivity contribution in [1.82, 2.24) is 9.97 Å². The van der Waals surface area contributed by atoms with E-state index in [2.05, 4.69) is 84.2 Å². The number of nitrogens with zero attached hydrogens (tertiary/aromatic N) is 2. The van der Waals surface area contributed by atoms with Crippen molar-refractivity contribution in [3.05, 3.63) is 139 Å². The van der Waals surface area contributed by atoms with Crippen LogP contribution in [0.15, 0.2) is 120 Å². The molecule has 3 aromatic heterocycles. The number of benzene rings is 5. The van der Waals surface area contributed by atoms with E-state index >= 15 is 0 Å². The molecule has 0 fully saturated rings. The van der Waals surface area contributed by atoms with Gasteiger partial charge in [0.1, 0.15) is 5.58 Å². The number of rotatable bonds is 4. The smallest absolute Gasteiger partial charge is 0.121 e. The first-order valence-electron chi connectivity index (χ1n) is 19.5. The van der Waals surface area contributed by atoms with E-state index < -0.39 is 32.9 Å². The summed E-state index contributed by atoms with van der Waals surface area (Å²) in [4.78, 5) is 8.85. The molecule has 0 saturated carbocycles. The van der Waals surface area contributed by atoms with E-state index in [4.69, 9.17) is 12.6 Å². The van der Waals surface area contributed by atoms with Gasteiger partial charge in [0.25, 0.3) is 0 Å². The molecule has 0 unspecified atom stereocenters. The zero-order chi connectivity index (χ0) is 39.5. The molecule has 0 bridgehead atoms. The second-order valence-corrected chi connectivity index (χ2v) is 19.5. The van der Waals surface area contributed by atoms with E-state index in [1.165, 1.54) is 11.3 Å². The van der Waals surface area contributed by atoms with Crippen LogP contribution in [0, 0.1) is 24.4 Å². The topological polar surface area (TPSA) is 38.9 Å². The van der Waals surface area contributed by atoms with Crippen LogP contribution in [0.2, 0.25) is 19.6 Å². The van der Waals surface area contributed by atoms with Crippen molar-refractivity contribution >= 4 is 56.7 Å². The average Bonchev–Trinajstić information content (AvgIpc) is 3.50. The SMILES string of the molecule is C[Si](C)(C)c1ccc(-c2[c-]cccc2)nc1.[2H]c1nc(-c2[c-]ccc3c2oc2cc4c(ccc5ccccc54)cc23)cc(C([2H])([2H])C(C)(C)C)c1C([2H])([2H])[2H].[Ir].